The molecule has 0 spiro atoms. The van der Waals surface area contributed by atoms with Crippen molar-refractivity contribution in [2.75, 3.05) is 38.2 Å². The molecule has 7 heteroatoms. The average molecular weight is 370 g/mol. The normalized spacial score (nSPS) is 13.9. The third-order valence-corrected chi connectivity index (χ3v) is 4.05. The number of nitrogens with zero attached hydrogens (tertiary/aromatic N) is 1. The van der Waals surface area contributed by atoms with Crippen LogP contribution in [0.2, 0.25) is 0 Å². The Hall–Kier alpha value is -1.63. The van der Waals surface area contributed by atoms with Crippen LogP contribution in [0.3, 0.4) is 0 Å². The predicted molar refractivity (Wildman–Crippen MR) is 101 cm³/mol. The molecule has 25 heavy (non-hydrogen) atoms. The van der Waals surface area contributed by atoms with Gasteiger partial charge in [-0.2, -0.15) is 0 Å². The number of nitrogens with two attached hydrogens (primary N) is 1. The minimum atomic E-state index is -0.0174. The number of benzene rings is 1. The van der Waals surface area contributed by atoms with Gasteiger partial charge in [0.1, 0.15) is 0 Å². The van der Waals surface area contributed by atoms with Crippen molar-refractivity contribution in [1.29, 1.82) is 0 Å². The molecule has 140 valence electrons. The third-order valence-electron chi connectivity index (χ3n) is 4.05. The van der Waals surface area contributed by atoms with E-state index in [-0.39, 0.29) is 24.2 Å². The molecule has 3 N–H and O–H groups in total. The number of anilines is 1. The molecular weight excluding hydrogens is 342 g/mol. The molecule has 1 aliphatic rings. The van der Waals surface area contributed by atoms with E-state index in [1.807, 2.05) is 6.07 Å². The van der Waals surface area contributed by atoms with E-state index in [0.717, 1.165) is 25.7 Å². The van der Waals surface area contributed by atoms with Gasteiger partial charge in [0.05, 0.1) is 13.2 Å². The highest BCUT2D eigenvalue weighted by atomic mass is 35.5. The summed E-state index contributed by atoms with van der Waals surface area (Å²) in [7, 11) is 0. The second-order valence-corrected chi connectivity index (χ2v) is 5.99. The van der Waals surface area contributed by atoms with Crippen molar-refractivity contribution in [1.82, 2.24) is 4.90 Å². The van der Waals surface area contributed by atoms with Gasteiger partial charge < -0.3 is 20.7 Å². The van der Waals surface area contributed by atoms with Gasteiger partial charge in [-0.1, -0.05) is 18.9 Å². The summed E-state index contributed by atoms with van der Waals surface area (Å²) in [5.74, 6) is -0.0325. The van der Waals surface area contributed by atoms with Crippen LogP contribution in [0.25, 0.3) is 0 Å². The number of halogens is 1. The van der Waals surface area contributed by atoms with Gasteiger partial charge in [-0.25, -0.2) is 0 Å². The summed E-state index contributed by atoms with van der Waals surface area (Å²) in [6.07, 6.45) is 4.44. The largest absolute Gasteiger partial charge is 0.378 e. The maximum Gasteiger partial charge on any atom is 0.254 e. The van der Waals surface area contributed by atoms with Crippen molar-refractivity contribution in [2.24, 2.45) is 5.73 Å². The van der Waals surface area contributed by atoms with Gasteiger partial charge in [0, 0.05) is 30.8 Å². The minimum absolute atomic E-state index is 0. The van der Waals surface area contributed by atoms with E-state index in [1.54, 1.807) is 23.1 Å². The molecule has 2 rings (SSSR count). The van der Waals surface area contributed by atoms with Crippen LogP contribution < -0.4 is 11.1 Å². The number of carbonyl (C=O) groups is 2. The van der Waals surface area contributed by atoms with Crippen LogP contribution in [0.15, 0.2) is 24.3 Å². The average Bonchev–Trinajstić information content (AvgIpc) is 2.62. The number of amides is 2. The quantitative estimate of drug-likeness (QED) is 0.689. The summed E-state index contributed by atoms with van der Waals surface area (Å²) in [6.45, 7) is 3.07. The molecule has 0 radical (unpaired) electrons. The molecule has 1 heterocycles. The zero-order valence-electron chi connectivity index (χ0n) is 14.5. The number of carbonyl (C=O) groups excluding carboxylic acids is 2. The van der Waals surface area contributed by atoms with E-state index in [4.69, 9.17) is 10.5 Å². The molecule has 0 atom stereocenters. The van der Waals surface area contributed by atoms with Crippen molar-refractivity contribution in [3.63, 3.8) is 0 Å². The molecule has 1 aromatic rings. The van der Waals surface area contributed by atoms with Crippen molar-refractivity contribution in [2.45, 2.75) is 32.1 Å². The Balaban J connectivity index is 0.00000312. The summed E-state index contributed by atoms with van der Waals surface area (Å²) in [4.78, 5) is 26.2. The monoisotopic (exact) mass is 369 g/mol. The first kappa shape index (κ1) is 21.4. The highest BCUT2D eigenvalue weighted by Crippen LogP contribution is 2.14. The van der Waals surface area contributed by atoms with Crippen LogP contribution in [0.1, 0.15) is 42.5 Å². The number of morpholine rings is 1. The number of rotatable bonds is 8. The first-order valence-electron chi connectivity index (χ1n) is 8.67. The first-order chi connectivity index (χ1) is 11.7. The summed E-state index contributed by atoms with van der Waals surface area (Å²) in [6, 6.07) is 7.12. The van der Waals surface area contributed by atoms with Gasteiger partial charge >= 0.3 is 0 Å². The van der Waals surface area contributed by atoms with Crippen LogP contribution in [-0.4, -0.2) is 49.6 Å². The SMILES string of the molecule is Cl.NCCCCCCC(=O)Nc1cccc(C(=O)N2CCOCC2)c1. The number of nitrogens with one attached hydrogen (secondary N) is 1. The molecular formula is C18H28ClN3O3. The van der Waals surface area contributed by atoms with E-state index in [1.165, 1.54) is 0 Å². The lowest BCUT2D eigenvalue weighted by atomic mass is 10.1. The lowest BCUT2D eigenvalue weighted by Crippen LogP contribution is -2.40. The molecule has 0 saturated carbocycles. The fourth-order valence-electron chi connectivity index (χ4n) is 2.69. The Morgan fingerprint density at radius 2 is 1.84 bits per heavy atom. The fourth-order valence-corrected chi connectivity index (χ4v) is 2.69. The lowest BCUT2D eigenvalue weighted by molar-refractivity contribution is -0.116. The zero-order valence-corrected chi connectivity index (χ0v) is 15.4. The maximum absolute atomic E-state index is 12.5. The second kappa shape index (κ2) is 11.8. The molecule has 1 aliphatic heterocycles. The molecule has 1 fully saturated rings. The molecule has 1 aromatic carbocycles. The number of ether oxygens (including phenoxy) is 1. The smallest absolute Gasteiger partial charge is 0.254 e. The minimum Gasteiger partial charge on any atom is -0.378 e. The van der Waals surface area contributed by atoms with Crippen LogP contribution in [-0.2, 0) is 9.53 Å². The number of hydrogen-bond acceptors (Lipinski definition) is 4. The standard InChI is InChI=1S/C18H27N3O3.ClH/c19-9-4-2-1-3-8-17(22)20-16-7-5-6-15(14-16)18(23)21-10-12-24-13-11-21;/h5-7,14H,1-4,8-13,19H2,(H,20,22);1H. The van der Waals surface area contributed by atoms with Crippen LogP contribution in [0.4, 0.5) is 5.69 Å². The lowest BCUT2D eigenvalue weighted by Gasteiger charge is -2.27. The summed E-state index contributed by atoms with van der Waals surface area (Å²) in [5.41, 5.74) is 6.71. The molecule has 6 nitrogen and oxygen atoms in total. The summed E-state index contributed by atoms with van der Waals surface area (Å²) in [5, 5.41) is 2.87. The van der Waals surface area contributed by atoms with Crippen LogP contribution in [0.5, 0.6) is 0 Å². The fraction of sp³-hybridized carbons (Fsp3) is 0.556. The molecule has 2 amide bonds. The van der Waals surface area contributed by atoms with E-state index >= 15 is 0 Å². The Bertz CT molecular complexity index is 548. The van der Waals surface area contributed by atoms with Crippen molar-refractivity contribution >= 4 is 29.9 Å². The number of unbranched alkanes of at least 4 members (excludes halogenated alkanes) is 3. The summed E-state index contributed by atoms with van der Waals surface area (Å²) < 4.78 is 5.27. The van der Waals surface area contributed by atoms with Gasteiger partial charge in [0.15, 0.2) is 0 Å². The van der Waals surface area contributed by atoms with E-state index in [0.29, 0.717) is 50.5 Å². The maximum atomic E-state index is 12.5. The predicted octanol–water partition coefficient (Wildman–Crippen LogP) is 2.43. The Kier molecular flexibility index (Phi) is 10.1. The second-order valence-electron chi connectivity index (χ2n) is 5.99. The van der Waals surface area contributed by atoms with Crippen molar-refractivity contribution < 1.29 is 14.3 Å². The van der Waals surface area contributed by atoms with Crippen molar-refractivity contribution in [3.05, 3.63) is 29.8 Å². The van der Waals surface area contributed by atoms with E-state index in [9.17, 15) is 9.59 Å². The van der Waals surface area contributed by atoms with Crippen molar-refractivity contribution in [3.8, 4) is 0 Å². The molecule has 1 saturated heterocycles. The van der Waals surface area contributed by atoms with Gasteiger partial charge in [-0.05, 0) is 37.6 Å². The molecule has 0 aromatic heterocycles. The van der Waals surface area contributed by atoms with Gasteiger partial charge in [0.25, 0.3) is 5.91 Å². The van der Waals surface area contributed by atoms with Gasteiger partial charge in [0.2, 0.25) is 5.91 Å². The van der Waals surface area contributed by atoms with Crippen LogP contribution in [0, 0.1) is 0 Å². The Morgan fingerprint density at radius 1 is 1.12 bits per heavy atom. The summed E-state index contributed by atoms with van der Waals surface area (Å²) >= 11 is 0. The Morgan fingerprint density at radius 3 is 2.56 bits per heavy atom. The molecule has 0 unspecified atom stereocenters. The highest BCUT2D eigenvalue weighted by Gasteiger charge is 2.18. The van der Waals surface area contributed by atoms with E-state index < -0.39 is 0 Å². The highest BCUT2D eigenvalue weighted by molar-refractivity contribution is 5.97. The van der Waals surface area contributed by atoms with E-state index in [2.05, 4.69) is 5.32 Å². The Labute approximate surface area is 155 Å². The first-order valence-corrected chi connectivity index (χ1v) is 8.67. The topological polar surface area (TPSA) is 84.7 Å². The zero-order chi connectivity index (χ0) is 17.2. The van der Waals surface area contributed by atoms with Gasteiger partial charge in [-0.3, -0.25) is 9.59 Å². The molecule has 0 bridgehead atoms. The number of hydrogen-bond donors (Lipinski definition) is 2. The van der Waals surface area contributed by atoms with Crippen LogP contribution >= 0.6 is 12.4 Å². The van der Waals surface area contributed by atoms with Gasteiger partial charge in [-0.15, -0.1) is 12.4 Å². The third kappa shape index (κ3) is 7.42. The molecule has 0 aliphatic carbocycles.